The van der Waals surface area contributed by atoms with E-state index in [2.05, 4.69) is 15.3 Å². The van der Waals surface area contributed by atoms with Gasteiger partial charge in [0.15, 0.2) is 5.65 Å². The van der Waals surface area contributed by atoms with E-state index in [1.807, 2.05) is 54.1 Å². The average Bonchev–Trinajstić information content (AvgIpc) is 3.32. The van der Waals surface area contributed by atoms with E-state index < -0.39 is 0 Å². The average molecular weight is 492 g/mol. The summed E-state index contributed by atoms with van der Waals surface area (Å²) in [5, 5.41) is 7.79. The van der Waals surface area contributed by atoms with Crippen LogP contribution in [0.25, 0.3) is 5.65 Å². The zero-order valence-corrected chi connectivity index (χ0v) is 20.4. The van der Waals surface area contributed by atoms with Crippen LogP contribution in [0.1, 0.15) is 32.7 Å². The second kappa shape index (κ2) is 9.56. The maximum Gasteiger partial charge on any atom is 0.279 e. The van der Waals surface area contributed by atoms with Crippen molar-refractivity contribution >= 4 is 23.2 Å². The van der Waals surface area contributed by atoms with E-state index in [4.69, 9.17) is 16.3 Å². The monoisotopic (exact) mass is 491 g/mol. The molecule has 0 radical (unpaired) electrons. The van der Waals surface area contributed by atoms with E-state index >= 15 is 0 Å². The van der Waals surface area contributed by atoms with Crippen LogP contribution in [-0.4, -0.2) is 38.6 Å². The van der Waals surface area contributed by atoms with Crippen LogP contribution in [0.4, 0.5) is 0 Å². The van der Waals surface area contributed by atoms with Gasteiger partial charge < -0.3 is 14.6 Å². The van der Waals surface area contributed by atoms with Crippen molar-refractivity contribution in [3.05, 3.63) is 98.1 Å². The minimum Gasteiger partial charge on any atom is -0.497 e. The molecule has 3 heterocycles. The fraction of sp³-hybridized carbons (Fsp3) is 0.269. The van der Waals surface area contributed by atoms with Gasteiger partial charge in [-0.15, -0.1) is 0 Å². The van der Waals surface area contributed by atoms with Crippen molar-refractivity contribution in [3.63, 3.8) is 0 Å². The highest BCUT2D eigenvalue weighted by Gasteiger charge is 2.26. The largest absolute Gasteiger partial charge is 0.497 e. The Morgan fingerprint density at radius 2 is 1.97 bits per heavy atom. The van der Waals surface area contributed by atoms with Crippen molar-refractivity contribution in [3.8, 4) is 5.75 Å². The molecule has 1 aliphatic rings. The van der Waals surface area contributed by atoms with Gasteiger partial charge in [0.1, 0.15) is 11.3 Å². The first-order chi connectivity index (χ1) is 16.9. The number of aryl methyl sites for hydroxylation is 1. The third-order valence-electron chi connectivity index (χ3n) is 6.46. The number of benzene rings is 2. The second-order valence-corrected chi connectivity index (χ2v) is 9.14. The van der Waals surface area contributed by atoms with Gasteiger partial charge >= 0.3 is 0 Å². The Morgan fingerprint density at radius 3 is 2.71 bits per heavy atom. The van der Waals surface area contributed by atoms with E-state index in [-0.39, 0.29) is 11.5 Å². The predicted molar refractivity (Wildman–Crippen MR) is 134 cm³/mol. The van der Waals surface area contributed by atoms with Gasteiger partial charge in [0.25, 0.3) is 11.5 Å². The lowest BCUT2D eigenvalue weighted by atomic mass is 10.1. The molecule has 1 aliphatic heterocycles. The van der Waals surface area contributed by atoms with E-state index in [0.29, 0.717) is 41.3 Å². The Bertz CT molecular complexity index is 1460. The molecule has 2 aromatic heterocycles. The summed E-state index contributed by atoms with van der Waals surface area (Å²) in [5.74, 6) is 0.534. The Balaban J connectivity index is 1.39. The summed E-state index contributed by atoms with van der Waals surface area (Å²) >= 11 is 6.04. The van der Waals surface area contributed by atoms with Crippen molar-refractivity contribution < 1.29 is 9.53 Å². The summed E-state index contributed by atoms with van der Waals surface area (Å²) in [6.07, 6.45) is 2.17. The minimum atomic E-state index is -0.285. The molecule has 0 aliphatic carbocycles. The smallest absolute Gasteiger partial charge is 0.279 e. The van der Waals surface area contributed by atoms with Gasteiger partial charge in [0, 0.05) is 50.4 Å². The topological polar surface area (TPSA) is 80.9 Å². The standard InChI is InChI=1S/C26H26ClN5O3/c1-30-23-10-11-31(15-17-6-8-20(35-2)9-7-17)16-22(23)26(34)32-25(30)21(14-29-32)24(33)28-13-18-4-3-5-19(27)12-18/h3-9,12,14H,10-11,13,15-16H2,1-2H3,(H,28,33). The number of carbonyl (C=O) groups is 1. The fourth-order valence-electron chi connectivity index (χ4n) is 4.65. The van der Waals surface area contributed by atoms with Crippen molar-refractivity contribution in [2.24, 2.45) is 7.05 Å². The molecule has 0 unspecified atom stereocenters. The van der Waals surface area contributed by atoms with E-state index in [9.17, 15) is 9.59 Å². The third kappa shape index (κ3) is 4.54. The zero-order chi connectivity index (χ0) is 24.5. The molecule has 5 rings (SSSR count). The molecule has 0 spiro atoms. The summed E-state index contributed by atoms with van der Waals surface area (Å²) < 4.78 is 8.51. The first-order valence-electron chi connectivity index (χ1n) is 11.4. The molecule has 0 bridgehead atoms. The molecule has 180 valence electrons. The first kappa shape index (κ1) is 23.1. The quantitative estimate of drug-likeness (QED) is 0.448. The number of methoxy groups -OCH3 is 1. The number of ether oxygens (including phenoxy) is 1. The van der Waals surface area contributed by atoms with Crippen molar-refractivity contribution in [1.82, 2.24) is 24.4 Å². The number of nitrogens with zero attached hydrogens (tertiary/aromatic N) is 4. The number of nitrogens with one attached hydrogen (secondary N) is 1. The van der Waals surface area contributed by atoms with Crippen LogP contribution < -0.4 is 15.6 Å². The van der Waals surface area contributed by atoms with Crippen LogP contribution in [-0.2, 0) is 33.1 Å². The molecule has 0 saturated heterocycles. The Kier molecular flexibility index (Phi) is 6.32. The number of hydrogen-bond acceptors (Lipinski definition) is 5. The lowest BCUT2D eigenvalue weighted by Crippen LogP contribution is -2.38. The predicted octanol–water partition coefficient (Wildman–Crippen LogP) is 3.18. The molecule has 8 nitrogen and oxygen atoms in total. The molecule has 2 aromatic carbocycles. The van der Waals surface area contributed by atoms with Crippen LogP contribution in [0.2, 0.25) is 5.02 Å². The highest BCUT2D eigenvalue weighted by Crippen LogP contribution is 2.22. The molecule has 4 aromatic rings. The number of halogens is 1. The maximum absolute atomic E-state index is 13.4. The van der Waals surface area contributed by atoms with Gasteiger partial charge in [-0.25, -0.2) is 0 Å². The van der Waals surface area contributed by atoms with Gasteiger partial charge in [-0.2, -0.15) is 9.61 Å². The fourth-order valence-corrected chi connectivity index (χ4v) is 4.86. The molecule has 0 saturated carbocycles. The van der Waals surface area contributed by atoms with E-state index in [1.165, 1.54) is 10.7 Å². The number of fused-ring (bicyclic) bond motifs is 2. The van der Waals surface area contributed by atoms with Gasteiger partial charge in [0.05, 0.1) is 18.9 Å². The number of carbonyl (C=O) groups excluding carboxylic acids is 1. The number of hydrogen-bond donors (Lipinski definition) is 1. The molecule has 1 N–H and O–H groups in total. The molecular weight excluding hydrogens is 466 g/mol. The highest BCUT2D eigenvalue weighted by atomic mass is 35.5. The van der Waals surface area contributed by atoms with Crippen molar-refractivity contribution in [2.75, 3.05) is 13.7 Å². The number of aromatic nitrogens is 3. The van der Waals surface area contributed by atoms with Crippen LogP contribution in [0, 0.1) is 0 Å². The molecule has 1 amide bonds. The molecule has 0 fully saturated rings. The normalized spacial score (nSPS) is 13.6. The van der Waals surface area contributed by atoms with Gasteiger partial charge in [-0.05, 0) is 35.4 Å². The van der Waals surface area contributed by atoms with E-state index in [0.717, 1.165) is 35.7 Å². The van der Waals surface area contributed by atoms with Crippen LogP contribution in [0.5, 0.6) is 5.75 Å². The van der Waals surface area contributed by atoms with Crippen molar-refractivity contribution in [2.45, 2.75) is 26.1 Å². The van der Waals surface area contributed by atoms with Crippen LogP contribution in [0.15, 0.2) is 59.5 Å². The first-order valence-corrected chi connectivity index (χ1v) is 11.8. The lowest BCUT2D eigenvalue weighted by Gasteiger charge is -2.30. The zero-order valence-electron chi connectivity index (χ0n) is 19.6. The van der Waals surface area contributed by atoms with E-state index in [1.54, 1.807) is 13.2 Å². The minimum absolute atomic E-state index is 0.179. The molecule has 0 atom stereocenters. The Morgan fingerprint density at radius 1 is 1.17 bits per heavy atom. The Labute approximate surface area is 207 Å². The molecule has 35 heavy (non-hydrogen) atoms. The molecular formula is C26H26ClN5O3. The summed E-state index contributed by atoms with van der Waals surface area (Å²) in [6, 6.07) is 15.3. The summed E-state index contributed by atoms with van der Waals surface area (Å²) in [4.78, 5) is 28.6. The highest BCUT2D eigenvalue weighted by molar-refractivity contribution is 6.30. The summed E-state index contributed by atoms with van der Waals surface area (Å²) in [7, 11) is 3.54. The van der Waals surface area contributed by atoms with Gasteiger partial charge in [0.2, 0.25) is 0 Å². The number of rotatable bonds is 6. The third-order valence-corrected chi connectivity index (χ3v) is 6.70. The summed E-state index contributed by atoms with van der Waals surface area (Å²) in [5.41, 5.74) is 4.40. The Hall–Kier alpha value is -3.62. The maximum atomic E-state index is 13.4. The van der Waals surface area contributed by atoms with Gasteiger partial charge in [-0.3, -0.25) is 14.5 Å². The second-order valence-electron chi connectivity index (χ2n) is 8.70. The lowest BCUT2D eigenvalue weighted by molar-refractivity contribution is 0.0952. The van der Waals surface area contributed by atoms with Crippen LogP contribution >= 0.6 is 11.6 Å². The molecule has 9 heteroatoms. The SMILES string of the molecule is COc1ccc(CN2CCc3c(c(=O)n4ncc(C(=O)NCc5cccc(Cl)c5)c4n3C)C2)cc1. The number of amides is 1. The van der Waals surface area contributed by atoms with Gasteiger partial charge in [-0.1, -0.05) is 35.9 Å². The van der Waals surface area contributed by atoms with Crippen molar-refractivity contribution in [1.29, 1.82) is 0 Å². The summed E-state index contributed by atoms with van der Waals surface area (Å²) in [6.45, 7) is 2.41. The van der Waals surface area contributed by atoms with Crippen LogP contribution in [0.3, 0.4) is 0 Å².